The molecule has 31 heavy (non-hydrogen) atoms. The number of nitrogens with two attached hydrogens (primary N) is 1. The van der Waals surface area contributed by atoms with Crippen molar-refractivity contribution in [3.8, 4) is 11.3 Å². The smallest absolute Gasteiger partial charge is 0.315 e. The average Bonchev–Trinajstić information content (AvgIpc) is 3.15. The highest BCUT2D eigenvalue weighted by Crippen LogP contribution is 2.44. The van der Waals surface area contributed by atoms with Gasteiger partial charge in [-0.3, -0.25) is 9.48 Å². The topological polar surface area (TPSA) is 93.2 Å². The largest absolute Gasteiger partial charge is 0.351 e. The Morgan fingerprint density at radius 3 is 2.55 bits per heavy atom. The third-order valence-corrected chi connectivity index (χ3v) is 7.47. The second kappa shape index (κ2) is 7.51. The van der Waals surface area contributed by atoms with Crippen LogP contribution in [0.1, 0.15) is 54.6 Å². The molecule has 2 bridgehead atoms. The van der Waals surface area contributed by atoms with E-state index in [1.165, 1.54) is 17.0 Å². The number of halogens is 2. The van der Waals surface area contributed by atoms with Gasteiger partial charge in [0.25, 0.3) is 5.91 Å². The van der Waals surface area contributed by atoms with E-state index in [2.05, 4.69) is 10.4 Å². The first-order valence-electron chi connectivity index (χ1n) is 10.8. The number of primary amides is 1. The second-order valence-corrected chi connectivity index (χ2v) is 9.41. The fourth-order valence-corrected chi connectivity index (χ4v) is 5.51. The van der Waals surface area contributed by atoms with E-state index in [9.17, 15) is 14.0 Å². The van der Waals surface area contributed by atoms with E-state index < -0.39 is 11.8 Å². The maximum atomic E-state index is 13.8. The molecule has 0 saturated heterocycles. The summed E-state index contributed by atoms with van der Waals surface area (Å²) < 4.78 is 15.5. The zero-order valence-electron chi connectivity index (χ0n) is 17.2. The first-order valence-corrected chi connectivity index (χ1v) is 11.1. The number of benzene rings is 1. The number of carbonyl (C=O) groups excluding carboxylic acids is 2. The molecule has 1 aromatic heterocycles. The van der Waals surface area contributed by atoms with Crippen molar-refractivity contribution in [1.82, 2.24) is 20.0 Å². The highest BCUT2D eigenvalue weighted by molar-refractivity contribution is 6.31. The van der Waals surface area contributed by atoms with Crippen molar-refractivity contribution in [2.45, 2.75) is 57.2 Å². The van der Waals surface area contributed by atoms with E-state index in [-0.39, 0.29) is 23.0 Å². The van der Waals surface area contributed by atoms with Crippen LogP contribution < -0.4 is 11.1 Å². The Labute approximate surface area is 184 Å². The van der Waals surface area contributed by atoms with Crippen LogP contribution in [0.3, 0.4) is 0 Å². The summed E-state index contributed by atoms with van der Waals surface area (Å²) >= 11 is 6.01. The Morgan fingerprint density at radius 1 is 1.19 bits per heavy atom. The number of nitrogens with one attached hydrogen (secondary N) is 1. The van der Waals surface area contributed by atoms with E-state index >= 15 is 0 Å². The van der Waals surface area contributed by atoms with E-state index in [0.717, 1.165) is 44.4 Å². The first kappa shape index (κ1) is 20.3. The monoisotopic (exact) mass is 445 g/mol. The van der Waals surface area contributed by atoms with E-state index in [1.807, 2.05) is 0 Å². The van der Waals surface area contributed by atoms with Gasteiger partial charge < -0.3 is 16.0 Å². The van der Waals surface area contributed by atoms with Crippen LogP contribution in [0, 0.1) is 11.7 Å². The van der Waals surface area contributed by atoms with Gasteiger partial charge in [0, 0.05) is 17.6 Å². The predicted octanol–water partition coefficient (Wildman–Crippen LogP) is 3.69. The number of hydrogen-bond donors (Lipinski definition) is 2. The Kier molecular flexibility index (Phi) is 4.92. The highest BCUT2D eigenvalue weighted by atomic mass is 35.5. The molecule has 3 amide bonds. The standard InChI is InChI=1S/C22H25ClFN5O2/c23-15-11-14(1-2-16(15)24)19-18(17-12-28(21(25)31)9-10-29(17)27-19)20(30)26-22-6-3-13(4-7-22)5-8-22/h1-2,11,13H,3-10,12H2,(H2,25,31)(H,26,30). The molecule has 1 aliphatic heterocycles. The average molecular weight is 446 g/mol. The van der Waals surface area contributed by atoms with Gasteiger partial charge >= 0.3 is 6.03 Å². The minimum Gasteiger partial charge on any atom is -0.351 e. The quantitative estimate of drug-likeness (QED) is 0.754. The first-order chi connectivity index (χ1) is 14.8. The minimum absolute atomic E-state index is 0.0298. The van der Waals surface area contributed by atoms with Crippen LogP contribution >= 0.6 is 11.6 Å². The Balaban J connectivity index is 1.56. The van der Waals surface area contributed by atoms with Crippen molar-refractivity contribution in [1.29, 1.82) is 0 Å². The van der Waals surface area contributed by atoms with Crippen molar-refractivity contribution in [2.75, 3.05) is 6.54 Å². The van der Waals surface area contributed by atoms with Crippen molar-refractivity contribution in [3.05, 3.63) is 40.3 Å². The van der Waals surface area contributed by atoms with Crippen LogP contribution in [0.2, 0.25) is 5.02 Å². The molecule has 0 unspecified atom stereocenters. The molecule has 0 radical (unpaired) electrons. The van der Waals surface area contributed by atoms with Crippen molar-refractivity contribution in [2.24, 2.45) is 11.7 Å². The van der Waals surface area contributed by atoms with Gasteiger partial charge in [0.1, 0.15) is 11.5 Å². The summed E-state index contributed by atoms with van der Waals surface area (Å²) in [6.45, 7) is 1.05. The summed E-state index contributed by atoms with van der Waals surface area (Å²) in [4.78, 5) is 26.9. The predicted molar refractivity (Wildman–Crippen MR) is 114 cm³/mol. The fourth-order valence-electron chi connectivity index (χ4n) is 5.33. The van der Waals surface area contributed by atoms with Crippen molar-refractivity contribution in [3.63, 3.8) is 0 Å². The fraction of sp³-hybridized carbons (Fsp3) is 0.500. The zero-order valence-corrected chi connectivity index (χ0v) is 17.9. The summed E-state index contributed by atoms with van der Waals surface area (Å²) in [6, 6.07) is 3.80. The van der Waals surface area contributed by atoms with Gasteiger partial charge in [-0.2, -0.15) is 5.10 Å². The van der Waals surface area contributed by atoms with Gasteiger partial charge in [-0.15, -0.1) is 0 Å². The van der Waals surface area contributed by atoms with Gasteiger partial charge in [0.2, 0.25) is 0 Å². The van der Waals surface area contributed by atoms with E-state index in [1.54, 1.807) is 10.7 Å². The molecule has 3 N–H and O–H groups in total. The lowest BCUT2D eigenvalue weighted by Crippen LogP contribution is -2.54. The van der Waals surface area contributed by atoms with Crippen molar-refractivity contribution < 1.29 is 14.0 Å². The molecule has 164 valence electrons. The zero-order chi connectivity index (χ0) is 21.8. The molecule has 2 aromatic rings. The van der Waals surface area contributed by atoms with Gasteiger partial charge in [-0.1, -0.05) is 11.6 Å². The summed E-state index contributed by atoms with van der Waals surface area (Å²) in [7, 11) is 0. The van der Waals surface area contributed by atoms with Crippen molar-refractivity contribution >= 4 is 23.5 Å². The van der Waals surface area contributed by atoms with Gasteiger partial charge in [-0.25, -0.2) is 9.18 Å². The maximum Gasteiger partial charge on any atom is 0.315 e. The number of carbonyl (C=O) groups is 2. The normalized spacial score (nSPS) is 24.7. The van der Waals surface area contributed by atoms with E-state index in [0.29, 0.717) is 35.6 Å². The minimum atomic E-state index is -0.533. The number of aromatic nitrogens is 2. The van der Waals surface area contributed by atoms with Gasteiger partial charge in [0.15, 0.2) is 0 Å². The number of urea groups is 1. The van der Waals surface area contributed by atoms with Gasteiger partial charge in [0.05, 0.1) is 29.4 Å². The summed E-state index contributed by atoms with van der Waals surface area (Å²) in [5, 5.41) is 7.94. The van der Waals surface area contributed by atoms with Crippen LogP contribution in [0.5, 0.6) is 0 Å². The summed E-state index contributed by atoms with van der Waals surface area (Å²) in [5.41, 5.74) is 7.38. The third kappa shape index (κ3) is 3.56. The molecule has 1 aromatic carbocycles. The Bertz CT molecular complexity index is 1050. The molecule has 3 fully saturated rings. The number of fused-ring (bicyclic) bond motifs is 4. The van der Waals surface area contributed by atoms with Crippen LogP contribution in [0.15, 0.2) is 18.2 Å². The molecule has 9 heteroatoms. The second-order valence-electron chi connectivity index (χ2n) is 9.00. The number of nitrogens with zero attached hydrogens (tertiary/aromatic N) is 3. The summed E-state index contributed by atoms with van der Waals surface area (Å²) in [6.07, 6.45) is 6.38. The highest BCUT2D eigenvalue weighted by Gasteiger charge is 2.42. The lowest BCUT2D eigenvalue weighted by molar-refractivity contribution is 0.0712. The molecule has 4 aliphatic rings. The molecular weight excluding hydrogens is 421 g/mol. The number of hydrogen-bond acceptors (Lipinski definition) is 3. The molecule has 3 saturated carbocycles. The molecule has 2 heterocycles. The third-order valence-electron chi connectivity index (χ3n) is 7.18. The Morgan fingerprint density at radius 2 is 1.90 bits per heavy atom. The molecule has 6 rings (SSSR count). The molecule has 0 spiro atoms. The number of rotatable bonds is 3. The van der Waals surface area contributed by atoms with Crippen LogP contribution in [-0.4, -0.2) is 38.7 Å². The SMILES string of the molecule is NC(=O)N1CCn2nc(-c3ccc(F)c(Cl)c3)c(C(=O)NC34CCC(CC3)CC4)c2C1. The molecule has 0 atom stereocenters. The molecular formula is C22H25ClFN5O2. The Hall–Kier alpha value is -2.61. The maximum absolute atomic E-state index is 13.8. The molecule has 3 aliphatic carbocycles. The van der Waals surface area contributed by atoms with Crippen LogP contribution in [0.4, 0.5) is 9.18 Å². The van der Waals surface area contributed by atoms with E-state index in [4.69, 9.17) is 17.3 Å². The van der Waals surface area contributed by atoms with Gasteiger partial charge in [-0.05, 0) is 62.6 Å². The van der Waals surface area contributed by atoms with Crippen LogP contribution in [0.25, 0.3) is 11.3 Å². The van der Waals surface area contributed by atoms with Crippen LogP contribution in [-0.2, 0) is 13.1 Å². The lowest BCUT2D eigenvalue weighted by Gasteiger charge is -2.47. The molecule has 7 nitrogen and oxygen atoms in total. The summed E-state index contributed by atoms with van der Waals surface area (Å²) in [5.74, 6) is 0.0465. The number of amides is 3. The lowest BCUT2D eigenvalue weighted by atomic mass is 9.66.